The van der Waals surface area contributed by atoms with E-state index in [4.69, 9.17) is 0 Å². The summed E-state index contributed by atoms with van der Waals surface area (Å²) < 4.78 is 0. The zero-order chi connectivity index (χ0) is 6.81. The summed E-state index contributed by atoms with van der Waals surface area (Å²) in [5, 5.41) is 0. The first-order valence-electron chi connectivity index (χ1n) is 3.63. The van der Waals surface area contributed by atoms with Crippen molar-refractivity contribution in [2.24, 2.45) is 0 Å². The Balaban J connectivity index is 2.37. The first-order chi connectivity index (χ1) is 4.97. The molecule has 1 heterocycles. The third-order valence-electron chi connectivity index (χ3n) is 1.84. The van der Waals surface area contributed by atoms with E-state index in [0.717, 1.165) is 19.3 Å². The minimum absolute atomic E-state index is 1.02. The van der Waals surface area contributed by atoms with Crippen LogP contribution in [0.3, 0.4) is 0 Å². The molecule has 0 saturated heterocycles. The van der Waals surface area contributed by atoms with Gasteiger partial charge >= 0.3 is 0 Å². The van der Waals surface area contributed by atoms with Crippen LogP contribution in [0.4, 0.5) is 0 Å². The van der Waals surface area contributed by atoms with E-state index in [1.54, 1.807) is 6.33 Å². The lowest BCUT2D eigenvalue weighted by Crippen LogP contribution is -1.87. The van der Waals surface area contributed by atoms with Crippen LogP contribution in [0.1, 0.15) is 17.8 Å². The van der Waals surface area contributed by atoms with Gasteiger partial charge in [0.2, 0.25) is 0 Å². The van der Waals surface area contributed by atoms with Crippen molar-refractivity contribution in [3.8, 4) is 0 Å². The van der Waals surface area contributed by atoms with Gasteiger partial charge in [-0.15, -0.1) is 0 Å². The van der Waals surface area contributed by atoms with Gasteiger partial charge < -0.3 is 4.98 Å². The molecule has 0 unspecified atom stereocenters. The Morgan fingerprint density at radius 3 is 3.40 bits per heavy atom. The van der Waals surface area contributed by atoms with E-state index in [0.29, 0.717) is 0 Å². The standard InChI is InChI=1S/C8H10N2/c1-2-4-7-8(5-3-1)10-6-9-7/h1-2,6H,3-5H2,(H,9,10). The molecule has 0 amide bonds. The number of allylic oxidation sites excluding steroid dienone is 2. The number of aromatic nitrogens is 2. The number of rotatable bonds is 0. The second kappa shape index (κ2) is 2.29. The second-order valence-electron chi connectivity index (χ2n) is 2.54. The van der Waals surface area contributed by atoms with Gasteiger partial charge in [-0.25, -0.2) is 4.98 Å². The third kappa shape index (κ3) is 0.856. The first-order valence-corrected chi connectivity index (χ1v) is 3.63. The normalized spacial score (nSPS) is 16.4. The van der Waals surface area contributed by atoms with Crippen LogP contribution in [0.25, 0.3) is 0 Å². The molecule has 1 aliphatic carbocycles. The molecule has 1 aromatic heterocycles. The van der Waals surface area contributed by atoms with E-state index in [9.17, 15) is 0 Å². The molecule has 0 bridgehead atoms. The summed E-state index contributed by atoms with van der Waals surface area (Å²) in [5.41, 5.74) is 2.53. The number of fused-ring (bicyclic) bond motifs is 1. The van der Waals surface area contributed by atoms with Gasteiger partial charge in [0.25, 0.3) is 0 Å². The molecule has 0 aliphatic heterocycles. The summed E-state index contributed by atoms with van der Waals surface area (Å²) in [6, 6.07) is 0. The van der Waals surface area contributed by atoms with Crippen LogP contribution >= 0.6 is 0 Å². The Labute approximate surface area is 60.0 Å². The van der Waals surface area contributed by atoms with Crippen molar-refractivity contribution in [1.29, 1.82) is 0 Å². The maximum atomic E-state index is 4.22. The fourth-order valence-corrected chi connectivity index (χ4v) is 1.28. The van der Waals surface area contributed by atoms with Crippen LogP contribution in [-0.2, 0) is 12.8 Å². The number of hydrogen-bond donors (Lipinski definition) is 1. The Bertz CT molecular complexity index is 248. The maximum Gasteiger partial charge on any atom is 0.0925 e. The predicted octanol–water partition coefficient (Wildman–Crippen LogP) is 1.45. The smallest absolute Gasteiger partial charge is 0.0925 e. The lowest BCUT2D eigenvalue weighted by molar-refractivity contribution is 0.955. The van der Waals surface area contributed by atoms with Crippen LogP contribution in [0.2, 0.25) is 0 Å². The SMILES string of the molecule is C1=CCc2[nH]cnc2CC1. The molecule has 0 fully saturated rings. The van der Waals surface area contributed by atoms with Crippen LogP contribution in [0, 0.1) is 0 Å². The molecule has 0 radical (unpaired) electrons. The van der Waals surface area contributed by atoms with Crippen molar-refractivity contribution in [3.63, 3.8) is 0 Å². The highest BCUT2D eigenvalue weighted by Crippen LogP contribution is 2.11. The van der Waals surface area contributed by atoms with Gasteiger partial charge in [-0.2, -0.15) is 0 Å². The molecule has 0 aromatic carbocycles. The highest BCUT2D eigenvalue weighted by Gasteiger charge is 2.04. The molecule has 1 aromatic rings. The molecule has 0 spiro atoms. The van der Waals surface area contributed by atoms with Gasteiger partial charge in [0.15, 0.2) is 0 Å². The fraction of sp³-hybridized carbons (Fsp3) is 0.375. The highest BCUT2D eigenvalue weighted by atomic mass is 14.9. The van der Waals surface area contributed by atoms with Crippen molar-refractivity contribution in [2.45, 2.75) is 19.3 Å². The first kappa shape index (κ1) is 5.71. The van der Waals surface area contributed by atoms with Crippen LogP contribution in [0.15, 0.2) is 18.5 Å². The Morgan fingerprint density at radius 2 is 2.40 bits per heavy atom. The molecule has 0 atom stereocenters. The lowest BCUT2D eigenvalue weighted by atomic mass is 10.2. The van der Waals surface area contributed by atoms with Gasteiger partial charge in [-0.3, -0.25) is 0 Å². The van der Waals surface area contributed by atoms with Gasteiger partial charge in [0.05, 0.1) is 12.0 Å². The molecule has 10 heavy (non-hydrogen) atoms. The summed E-state index contributed by atoms with van der Waals surface area (Å²) in [4.78, 5) is 7.36. The lowest BCUT2D eigenvalue weighted by Gasteiger charge is -1.91. The Morgan fingerprint density at radius 1 is 1.40 bits per heavy atom. The zero-order valence-corrected chi connectivity index (χ0v) is 5.80. The predicted molar refractivity (Wildman–Crippen MR) is 39.8 cm³/mol. The van der Waals surface area contributed by atoms with Crippen molar-refractivity contribution < 1.29 is 0 Å². The second-order valence-corrected chi connectivity index (χ2v) is 2.54. The molecule has 52 valence electrons. The van der Waals surface area contributed by atoms with E-state index >= 15 is 0 Å². The van der Waals surface area contributed by atoms with E-state index in [1.807, 2.05) is 0 Å². The molecular weight excluding hydrogens is 124 g/mol. The van der Waals surface area contributed by atoms with Gasteiger partial charge in [-0.1, -0.05) is 12.2 Å². The molecule has 2 heteroatoms. The minimum Gasteiger partial charge on any atom is -0.348 e. The number of H-pyrrole nitrogens is 1. The molecule has 2 rings (SSSR count). The fourth-order valence-electron chi connectivity index (χ4n) is 1.28. The number of aryl methyl sites for hydroxylation is 1. The van der Waals surface area contributed by atoms with Gasteiger partial charge in [-0.05, 0) is 12.8 Å². The minimum atomic E-state index is 1.02. The topological polar surface area (TPSA) is 28.7 Å². The quantitative estimate of drug-likeness (QED) is 0.534. The third-order valence-corrected chi connectivity index (χ3v) is 1.84. The van der Waals surface area contributed by atoms with Crippen molar-refractivity contribution >= 4 is 0 Å². The summed E-state index contributed by atoms with van der Waals surface area (Å²) >= 11 is 0. The molecule has 1 N–H and O–H groups in total. The maximum absolute atomic E-state index is 4.22. The van der Waals surface area contributed by atoms with E-state index < -0.39 is 0 Å². The van der Waals surface area contributed by atoms with E-state index in [1.165, 1.54) is 11.4 Å². The van der Waals surface area contributed by atoms with Crippen molar-refractivity contribution in [3.05, 3.63) is 29.9 Å². The number of nitrogens with one attached hydrogen (secondary N) is 1. The van der Waals surface area contributed by atoms with Gasteiger partial charge in [0.1, 0.15) is 0 Å². The summed E-state index contributed by atoms with van der Waals surface area (Å²) in [6.07, 6.45) is 9.45. The number of imidazole rings is 1. The van der Waals surface area contributed by atoms with Crippen molar-refractivity contribution in [1.82, 2.24) is 9.97 Å². The van der Waals surface area contributed by atoms with E-state index in [2.05, 4.69) is 22.1 Å². The van der Waals surface area contributed by atoms with Crippen LogP contribution < -0.4 is 0 Å². The number of aromatic amines is 1. The Hall–Kier alpha value is -1.05. The molecule has 0 saturated carbocycles. The monoisotopic (exact) mass is 134 g/mol. The molecule has 2 nitrogen and oxygen atoms in total. The highest BCUT2D eigenvalue weighted by molar-refractivity contribution is 5.17. The average Bonchev–Trinajstić information content (AvgIpc) is 2.28. The number of hydrogen-bond acceptors (Lipinski definition) is 1. The van der Waals surface area contributed by atoms with Crippen LogP contribution in [0.5, 0.6) is 0 Å². The summed E-state index contributed by atoms with van der Waals surface area (Å²) in [6.45, 7) is 0. The van der Waals surface area contributed by atoms with Crippen molar-refractivity contribution in [2.75, 3.05) is 0 Å². The summed E-state index contributed by atoms with van der Waals surface area (Å²) in [7, 11) is 0. The Kier molecular flexibility index (Phi) is 1.31. The van der Waals surface area contributed by atoms with Crippen LogP contribution in [-0.4, -0.2) is 9.97 Å². The molecule has 1 aliphatic rings. The average molecular weight is 134 g/mol. The zero-order valence-electron chi connectivity index (χ0n) is 5.80. The number of nitrogens with zero attached hydrogens (tertiary/aromatic N) is 1. The molecular formula is C8H10N2. The van der Waals surface area contributed by atoms with E-state index in [-0.39, 0.29) is 0 Å². The van der Waals surface area contributed by atoms with Gasteiger partial charge in [0, 0.05) is 12.1 Å². The summed E-state index contributed by atoms with van der Waals surface area (Å²) in [5.74, 6) is 0. The largest absolute Gasteiger partial charge is 0.348 e.